The van der Waals surface area contributed by atoms with Crippen LogP contribution in [0.3, 0.4) is 0 Å². The lowest BCUT2D eigenvalue weighted by Crippen LogP contribution is -2.26. The van der Waals surface area contributed by atoms with Gasteiger partial charge in [0.05, 0.1) is 66.1 Å². The summed E-state index contributed by atoms with van der Waals surface area (Å²) in [5, 5.41) is 8.89. The minimum atomic E-state index is -0.779. The fourth-order valence-electron chi connectivity index (χ4n) is 3.63. The van der Waals surface area contributed by atoms with E-state index in [2.05, 4.69) is 10.2 Å². The van der Waals surface area contributed by atoms with Gasteiger partial charge in [-0.1, -0.05) is 24.3 Å². The van der Waals surface area contributed by atoms with Crippen molar-refractivity contribution in [3.63, 3.8) is 0 Å². The molecule has 0 amide bonds. The molecule has 40 heavy (non-hydrogen) atoms. The van der Waals surface area contributed by atoms with Crippen molar-refractivity contribution < 1.29 is 47.4 Å². The van der Waals surface area contributed by atoms with Gasteiger partial charge in [0.15, 0.2) is 23.0 Å². The van der Waals surface area contributed by atoms with Gasteiger partial charge in [0.2, 0.25) is 12.5 Å². The molecule has 0 saturated carbocycles. The van der Waals surface area contributed by atoms with E-state index in [-0.39, 0.29) is 13.2 Å². The van der Waals surface area contributed by atoms with Gasteiger partial charge < -0.3 is 47.4 Å². The molecule has 2 heterocycles. The Morgan fingerprint density at radius 2 is 0.725 bits per heavy atom. The highest BCUT2D eigenvalue weighted by Gasteiger charge is 2.18. The van der Waals surface area contributed by atoms with E-state index in [1.807, 2.05) is 36.4 Å². The molecule has 2 aliphatic heterocycles. The molecule has 0 radical (unpaired) electrons. The monoisotopic (exact) mass is 562 g/mol. The molecule has 0 spiro atoms. The second-order valence-electron chi connectivity index (χ2n) is 8.57. The van der Waals surface area contributed by atoms with Gasteiger partial charge in [-0.3, -0.25) is 0 Å². The summed E-state index contributed by atoms with van der Waals surface area (Å²) in [6, 6.07) is 14.7. The van der Waals surface area contributed by atoms with Crippen molar-refractivity contribution in [1.29, 1.82) is 0 Å². The lowest BCUT2D eigenvalue weighted by atomic mass is 10.3. The van der Waals surface area contributed by atoms with E-state index >= 15 is 0 Å². The van der Waals surface area contributed by atoms with Crippen LogP contribution in [0.1, 0.15) is 0 Å². The van der Waals surface area contributed by atoms with Crippen LogP contribution in [0.15, 0.2) is 58.8 Å². The highest BCUT2D eigenvalue weighted by Crippen LogP contribution is 2.29. The van der Waals surface area contributed by atoms with E-state index in [4.69, 9.17) is 47.4 Å². The van der Waals surface area contributed by atoms with Crippen molar-refractivity contribution in [3.05, 3.63) is 48.5 Å². The Morgan fingerprint density at radius 1 is 0.400 bits per heavy atom. The van der Waals surface area contributed by atoms with Crippen molar-refractivity contribution in [3.8, 4) is 23.0 Å². The van der Waals surface area contributed by atoms with E-state index in [9.17, 15) is 0 Å². The van der Waals surface area contributed by atoms with E-state index in [0.29, 0.717) is 102 Å². The van der Waals surface area contributed by atoms with Gasteiger partial charge in [-0.2, -0.15) is 0 Å². The van der Waals surface area contributed by atoms with Crippen LogP contribution in [-0.2, 0) is 28.4 Å². The molecule has 0 fully saturated rings. The number of ether oxygens (including phenoxy) is 10. The third-order valence-corrected chi connectivity index (χ3v) is 5.53. The number of azo groups is 1. The largest absolute Gasteiger partial charge is 0.487 e. The van der Waals surface area contributed by atoms with Crippen molar-refractivity contribution >= 4 is 0 Å². The zero-order valence-electron chi connectivity index (χ0n) is 22.6. The SMILES string of the molecule is c1ccc2c(c1)OCCOCCOCCOCC(N=NC1COCCOCCOCCOc3ccccc3O1)O2. The third-order valence-electron chi connectivity index (χ3n) is 5.53. The van der Waals surface area contributed by atoms with Crippen LogP contribution in [0.5, 0.6) is 23.0 Å². The summed E-state index contributed by atoms with van der Waals surface area (Å²) in [7, 11) is 0. The summed E-state index contributed by atoms with van der Waals surface area (Å²) < 4.78 is 57.8. The van der Waals surface area contributed by atoms with E-state index in [1.165, 1.54) is 0 Å². The molecule has 4 rings (SSSR count). The van der Waals surface area contributed by atoms with Crippen LogP contribution in [-0.4, -0.2) is 105 Å². The maximum atomic E-state index is 6.17. The fourth-order valence-corrected chi connectivity index (χ4v) is 3.63. The van der Waals surface area contributed by atoms with E-state index in [1.54, 1.807) is 12.1 Å². The van der Waals surface area contributed by atoms with Crippen LogP contribution in [0.2, 0.25) is 0 Å². The minimum absolute atomic E-state index is 0.138. The molecule has 12 nitrogen and oxygen atoms in total. The predicted octanol–water partition coefficient (Wildman–Crippen LogP) is 3.13. The van der Waals surface area contributed by atoms with Crippen molar-refractivity contribution in [2.24, 2.45) is 10.2 Å². The molecule has 0 aliphatic carbocycles. The quantitative estimate of drug-likeness (QED) is 0.506. The molecule has 0 bridgehead atoms. The average molecular weight is 563 g/mol. The molecular formula is C28H38N2O10. The van der Waals surface area contributed by atoms with Crippen LogP contribution < -0.4 is 18.9 Å². The van der Waals surface area contributed by atoms with Crippen LogP contribution in [0.4, 0.5) is 0 Å². The van der Waals surface area contributed by atoms with Crippen LogP contribution in [0, 0.1) is 0 Å². The second-order valence-corrected chi connectivity index (χ2v) is 8.57. The first-order chi connectivity index (χ1) is 19.9. The van der Waals surface area contributed by atoms with E-state index < -0.39 is 12.5 Å². The number of hydrogen-bond acceptors (Lipinski definition) is 12. The number of benzene rings is 2. The zero-order valence-corrected chi connectivity index (χ0v) is 22.6. The fraction of sp³-hybridized carbons (Fsp3) is 0.571. The van der Waals surface area contributed by atoms with Gasteiger partial charge >= 0.3 is 0 Å². The molecule has 0 N–H and O–H groups in total. The second kappa shape index (κ2) is 18.4. The number of hydrogen-bond donors (Lipinski definition) is 0. The van der Waals surface area contributed by atoms with Crippen molar-refractivity contribution in [1.82, 2.24) is 0 Å². The Balaban J connectivity index is 1.48. The number of para-hydroxylation sites is 4. The summed E-state index contributed by atoms with van der Waals surface area (Å²) in [5.41, 5.74) is 0. The Labute approximate surface area is 234 Å². The Bertz CT molecular complexity index is 918. The highest BCUT2D eigenvalue weighted by atomic mass is 16.6. The van der Waals surface area contributed by atoms with E-state index in [0.717, 1.165) is 0 Å². The van der Waals surface area contributed by atoms with Crippen LogP contribution in [0.25, 0.3) is 0 Å². The van der Waals surface area contributed by atoms with Gasteiger partial charge in [-0.05, 0) is 24.3 Å². The smallest absolute Gasteiger partial charge is 0.231 e. The molecule has 12 heteroatoms. The third kappa shape index (κ3) is 11.2. The summed E-state index contributed by atoms with van der Waals surface area (Å²) in [6.45, 7) is 5.36. The maximum Gasteiger partial charge on any atom is 0.231 e. The Kier molecular flexibility index (Phi) is 13.8. The van der Waals surface area contributed by atoms with Gasteiger partial charge in [0, 0.05) is 0 Å². The predicted molar refractivity (Wildman–Crippen MR) is 142 cm³/mol. The first-order valence-corrected chi connectivity index (χ1v) is 13.5. The molecule has 2 aromatic rings. The highest BCUT2D eigenvalue weighted by molar-refractivity contribution is 5.40. The molecule has 0 aromatic heterocycles. The number of nitrogens with zero attached hydrogens (tertiary/aromatic N) is 2. The summed E-state index contributed by atoms with van der Waals surface area (Å²) in [5.74, 6) is 2.17. The maximum absolute atomic E-state index is 6.17. The summed E-state index contributed by atoms with van der Waals surface area (Å²) in [6.07, 6.45) is -1.56. The lowest BCUT2D eigenvalue weighted by Gasteiger charge is -2.20. The first-order valence-electron chi connectivity index (χ1n) is 13.5. The Hall–Kier alpha value is -3.00. The standard InChI is InChI=1S/C28H38N2O10/c1-3-7-25-23(5-1)37-19-17-33-11-9-31-13-15-35-21-27(39-25)29-30-28-22-36-16-14-32-10-12-34-18-20-38-24-6-2-4-8-26(24)40-28/h1-8,27-28H,9-22H2. The topological polar surface area (TPSA) is 117 Å². The van der Waals surface area contributed by atoms with Crippen molar-refractivity contribution in [2.45, 2.75) is 12.5 Å². The Morgan fingerprint density at radius 3 is 1.12 bits per heavy atom. The van der Waals surface area contributed by atoms with Gasteiger partial charge in [-0.15, -0.1) is 10.2 Å². The molecule has 2 atom stereocenters. The summed E-state index contributed by atoms with van der Waals surface area (Å²) in [4.78, 5) is 0. The normalized spacial score (nSPS) is 23.2. The molecule has 220 valence electrons. The average Bonchev–Trinajstić information content (AvgIpc) is 2.99. The van der Waals surface area contributed by atoms with Crippen molar-refractivity contribution in [2.75, 3.05) is 92.5 Å². The lowest BCUT2D eigenvalue weighted by molar-refractivity contribution is -0.0106. The molecular weight excluding hydrogens is 524 g/mol. The van der Waals surface area contributed by atoms with Gasteiger partial charge in [-0.25, -0.2) is 0 Å². The molecule has 2 aliphatic rings. The van der Waals surface area contributed by atoms with Gasteiger partial charge in [0.25, 0.3) is 0 Å². The number of rotatable bonds is 2. The van der Waals surface area contributed by atoms with Crippen LogP contribution >= 0.6 is 0 Å². The first kappa shape index (κ1) is 30.0. The number of fused-ring (bicyclic) bond motifs is 2. The molecule has 2 aromatic carbocycles. The molecule has 0 saturated heterocycles. The van der Waals surface area contributed by atoms with Gasteiger partial charge in [0.1, 0.15) is 26.4 Å². The zero-order chi connectivity index (χ0) is 27.5. The molecule has 2 unspecified atom stereocenters. The minimum Gasteiger partial charge on any atom is -0.487 e. The summed E-state index contributed by atoms with van der Waals surface area (Å²) >= 11 is 0.